The van der Waals surface area contributed by atoms with Crippen molar-refractivity contribution in [1.29, 1.82) is 0 Å². The maximum atomic E-state index is 12.1. The SMILES string of the molecule is O=P(O)(O)Cc1ccc(C(F)F)cc1. The molecule has 0 bridgehead atoms. The summed E-state index contributed by atoms with van der Waals surface area (Å²) < 4.78 is 34.7. The van der Waals surface area contributed by atoms with Gasteiger partial charge in [-0.25, -0.2) is 8.78 Å². The van der Waals surface area contributed by atoms with Crippen LogP contribution >= 0.6 is 7.60 Å². The lowest BCUT2D eigenvalue weighted by Crippen LogP contribution is -1.89. The molecule has 0 saturated carbocycles. The van der Waals surface area contributed by atoms with Crippen molar-refractivity contribution < 1.29 is 23.1 Å². The van der Waals surface area contributed by atoms with E-state index in [1.807, 2.05) is 0 Å². The van der Waals surface area contributed by atoms with Crippen LogP contribution in [0.1, 0.15) is 17.6 Å². The van der Waals surface area contributed by atoms with E-state index in [2.05, 4.69) is 0 Å². The fourth-order valence-electron chi connectivity index (χ4n) is 1.01. The number of hydrogen-bond acceptors (Lipinski definition) is 1. The number of alkyl halides is 2. The van der Waals surface area contributed by atoms with Crippen LogP contribution in [0.2, 0.25) is 0 Å². The summed E-state index contributed by atoms with van der Waals surface area (Å²) >= 11 is 0. The second kappa shape index (κ2) is 4.17. The van der Waals surface area contributed by atoms with Gasteiger partial charge in [-0.3, -0.25) is 4.57 Å². The zero-order valence-corrected chi connectivity index (χ0v) is 7.99. The fraction of sp³-hybridized carbons (Fsp3) is 0.250. The summed E-state index contributed by atoms with van der Waals surface area (Å²) in [6.07, 6.45) is -2.98. The zero-order valence-electron chi connectivity index (χ0n) is 7.10. The predicted octanol–water partition coefficient (Wildman–Crippen LogP) is 2.30. The van der Waals surface area contributed by atoms with Crippen molar-refractivity contribution in [3.05, 3.63) is 35.4 Å². The largest absolute Gasteiger partial charge is 0.329 e. The number of rotatable bonds is 3. The van der Waals surface area contributed by atoms with Crippen molar-refractivity contribution in [2.24, 2.45) is 0 Å². The molecule has 0 fully saturated rings. The maximum Gasteiger partial charge on any atom is 0.329 e. The lowest BCUT2D eigenvalue weighted by Gasteiger charge is -2.04. The molecular formula is C8H9F2O3P. The second-order valence-corrected chi connectivity index (χ2v) is 4.51. The lowest BCUT2D eigenvalue weighted by molar-refractivity contribution is 0.151. The molecule has 0 aliphatic heterocycles. The fourth-order valence-corrected chi connectivity index (χ4v) is 1.69. The highest BCUT2D eigenvalue weighted by Crippen LogP contribution is 2.39. The van der Waals surface area contributed by atoms with E-state index in [0.29, 0.717) is 5.56 Å². The van der Waals surface area contributed by atoms with Gasteiger partial charge in [0.2, 0.25) is 0 Å². The van der Waals surface area contributed by atoms with Crippen LogP contribution in [0.15, 0.2) is 24.3 Å². The highest BCUT2D eigenvalue weighted by atomic mass is 31.2. The van der Waals surface area contributed by atoms with E-state index in [1.165, 1.54) is 12.1 Å². The first-order valence-corrected chi connectivity index (χ1v) is 5.60. The molecule has 2 N–H and O–H groups in total. The molecule has 0 aliphatic rings. The Morgan fingerprint density at radius 3 is 2.07 bits per heavy atom. The lowest BCUT2D eigenvalue weighted by atomic mass is 10.2. The van der Waals surface area contributed by atoms with Crippen LogP contribution in [0.3, 0.4) is 0 Å². The van der Waals surface area contributed by atoms with Gasteiger partial charge >= 0.3 is 7.60 Å². The van der Waals surface area contributed by atoms with Crippen LogP contribution in [-0.4, -0.2) is 9.79 Å². The Morgan fingerprint density at radius 2 is 1.71 bits per heavy atom. The topological polar surface area (TPSA) is 57.5 Å². The molecule has 0 unspecified atom stereocenters. The summed E-state index contributed by atoms with van der Waals surface area (Å²) in [4.78, 5) is 17.2. The van der Waals surface area contributed by atoms with Crippen molar-refractivity contribution in [1.82, 2.24) is 0 Å². The predicted molar refractivity (Wildman–Crippen MR) is 47.1 cm³/mol. The van der Waals surface area contributed by atoms with Crippen LogP contribution in [0, 0.1) is 0 Å². The summed E-state index contributed by atoms with van der Waals surface area (Å²) in [5.41, 5.74) is 0.196. The van der Waals surface area contributed by atoms with Crippen LogP contribution in [0.4, 0.5) is 8.78 Å². The first-order valence-electron chi connectivity index (χ1n) is 3.80. The Bertz CT molecular complexity index is 344. The summed E-state index contributed by atoms with van der Waals surface area (Å²) in [6.45, 7) is 0. The summed E-state index contributed by atoms with van der Waals surface area (Å²) in [5, 5.41) is 0. The van der Waals surface area contributed by atoms with E-state index < -0.39 is 20.2 Å². The van der Waals surface area contributed by atoms with Gasteiger partial charge in [0.15, 0.2) is 0 Å². The third kappa shape index (κ3) is 3.54. The molecule has 1 aromatic rings. The third-order valence-electron chi connectivity index (χ3n) is 1.62. The number of benzene rings is 1. The molecule has 0 aromatic heterocycles. The van der Waals surface area contributed by atoms with E-state index in [0.717, 1.165) is 12.1 Å². The molecule has 0 atom stereocenters. The Balaban J connectivity index is 2.79. The molecule has 3 nitrogen and oxygen atoms in total. The molecule has 0 radical (unpaired) electrons. The van der Waals surface area contributed by atoms with Crippen molar-refractivity contribution in [2.45, 2.75) is 12.6 Å². The Kier molecular flexibility index (Phi) is 3.37. The van der Waals surface area contributed by atoms with Gasteiger partial charge in [0.05, 0.1) is 6.16 Å². The minimum Gasteiger partial charge on any atom is -0.324 e. The van der Waals surface area contributed by atoms with Gasteiger partial charge < -0.3 is 9.79 Å². The Morgan fingerprint density at radius 1 is 1.21 bits per heavy atom. The highest BCUT2D eigenvalue weighted by Gasteiger charge is 2.14. The summed E-state index contributed by atoms with van der Waals surface area (Å²) in [6, 6.07) is 4.91. The standard InChI is InChI=1S/C8H9F2O3P/c9-8(10)7-3-1-6(2-4-7)5-14(11,12)13/h1-4,8H,5H2,(H2,11,12,13). The molecule has 1 aromatic carbocycles. The Labute approximate surface area is 79.5 Å². The molecule has 0 spiro atoms. The molecule has 14 heavy (non-hydrogen) atoms. The molecule has 0 amide bonds. The van der Waals surface area contributed by atoms with Crippen LogP contribution in [0.5, 0.6) is 0 Å². The van der Waals surface area contributed by atoms with E-state index in [4.69, 9.17) is 9.79 Å². The van der Waals surface area contributed by atoms with Crippen LogP contribution < -0.4 is 0 Å². The van der Waals surface area contributed by atoms with Crippen LogP contribution in [0.25, 0.3) is 0 Å². The molecule has 0 heterocycles. The van der Waals surface area contributed by atoms with E-state index in [9.17, 15) is 13.3 Å². The minimum absolute atomic E-state index is 0.153. The van der Waals surface area contributed by atoms with Gasteiger partial charge in [-0.15, -0.1) is 0 Å². The monoisotopic (exact) mass is 222 g/mol. The minimum atomic E-state index is -4.11. The van der Waals surface area contributed by atoms with E-state index in [1.54, 1.807) is 0 Å². The average molecular weight is 222 g/mol. The third-order valence-corrected chi connectivity index (χ3v) is 2.40. The highest BCUT2D eigenvalue weighted by molar-refractivity contribution is 7.50. The quantitative estimate of drug-likeness (QED) is 0.771. The average Bonchev–Trinajstić information content (AvgIpc) is 2.02. The van der Waals surface area contributed by atoms with Crippen LogP contribution in [-0.2, 0) is 10.7 Å². The molecule has 6 heteroatoms. The van der Waals surface area contributed by atoms with Crippen molar-refractivity contribution >= 4 is 7.60 Å². The summed E-state index contributed by atoms with van der Waals surface area (Å²) in [5.74, 6) is 0. The van der Waals surface area contributed by atoms with Gasteiger partial charge in [0.25, 0.3) is 6.43 Å². The normalized spacial score (nSPS) is 12.1. The molecule has 0 aliphatic carbocycles. The number of halogens is 2. The first kappa shape index (κ1) is 11.3. The second-order valence-electron chi connectivity index (χ2n) is 2.87. The zero-order chi connectivity index (χ0) is 10.8. The van der Waals surface area contributed by atoms with E-state index in [-0.39, 0.29) is 5.56 Å². The molecule has 0 saturated heterocycles. The molecule has 78 valence electrons. The van der Waals surface area contributed by atoms with Gasteiger partial charge in [-0.2, -0.15) is 0 Å². The van der Waals surface area contributed by atoms with Gasteiger partial charge in [-0.05, 0) is 5.56 Å². The first-order chi connectivity index (χ1) is 6.38. The van der Waals surface area contributed by atoms with Crippen molar-refractivity contribution in [3.63, 3.8) is 0 Å². The van der Waals surface area contributed by atoms with Crippen molar-refractivity contribution in [3.8, 4) is 0 Å². The van der Waals surface area contributed by atoms with Crippen molar-refractivity contribution in [2.75, 3.05) is 0 Å². The number of hydrogen-bond donors (Lipinski definition) is 2. The van der Waals surface area contributed by atoms with E-state index >= 15 is 0 Å². The van der Waals surface area contributed by atoms with Gasteiger partial charge in [-0.1, -0.05) is 24.3 Å². The van der Waals surface area contributed by atoms with Gasteiger partial charge in [0.1, 0.15) is 0 Å². The smallest absolute Gasteiger partial charge is 0.324 e. The molecule has 1 rings (SSSR count). The maximum absolute atomic E-state index is 12.1. The van der Waals surface area contributed by atoms with Gasteiger partial charge in [0, 0.05) is 5.56 Å². The Hall–Kier alpha value is -0.770. The molecular weight excluding hydrogens is 213 g/mol. The summed E-state index contributed by atoms with van der Waals surface area (Å²) in [7, 11) is -4.11.